The highest BCUT2D eigenvalue weighted by molar-refractivity contribution is 7.89. The Kier molecular flexibility index (Phi) is 4.35. The minimum absolute atomic E-state index is 0.163. The van der Waals surface area contributed by atoms with Crippen LogP contribution in [-0.4, -0.2) is 35.9 Å². The summed E-state index contributed by atoms with van der Waals surface area (Å²) >= 11 is 0. The maximum absolute atomic E-state index is 13.0. The van der Waals surface area contributed by atoms with Crippen LogP contribution in [0.25, 0.3) is 0 Å². The third-order valence-corrected chi connectivity index (χ3v) is 6.14. The number of nitro groups is 1. The molecule has 0 saturated heterocycles. The number of aliphatic hydroxyl groups is 1. The van der Waals surface area contributed by atoms with Crippen molar-refractivity contribution in [2.45, 2.75) is 17.4 Å². The van der Waals surface area contributed by atoms with Crippen LogP contribution < -0.4 is 0 Å². The third-order valence-electron chi connectivity index (χ3n) is 4.18. The van der Waals surface area contributed by atoms with Crippen molar-refractivity contribution in [1.82, 2.24) is 4.31 Å². The summed E-state index contributed by atoms with van der Waals surface area (Å²) < 4.78 is 27.2. The molecule has 0 aliphatic carbocycles. The standard InChI is InChI=1S/C16H16N2O5S/c19-11-15-13-6-2-1-5-12(13)9-10-17(15)24(22,23)16-8-4-3-7-14(16)18(20)21/h1-8,15,19H,9-11H2. The van der Waals surface area contributed by atoms with Crippen molar-refractivity contribution in [2.24, 2.45) is 0 Å². The second-order valence-corrected chi connectivity index (χ2v) is 7.35. The number of aliphatic hydroxyl groups excluding tert-OH is 1. The van der Waals surface area contributed by atoms with E-state index in [0.717, 1.165) is 15.4 Å². The summed E-state index contributed by atoms with van der Waals surface area (Å²) in [4.78, 5) is 10.1. The lowest BCUT2D eigenvalue weighted by atomic mass is 9.95. The topological polar surface area (TPSA) is 101 Å². The van der Waals surface area contributed by atoms with E-state index in [2.05, 4.69) is 0 Å². The van der Waals surface area contributed by atoms with Crippen molar-refractivity contribution in [1.29, 1.82) is 0 Å². The van der Waals surface area contributed by atoms with Crippen molar-refractivity contribution in [3.8, 4) is 0 Å². The Bertz CT molecular complexity index is 882. The molecule has 1 aliphatic rings. The highest BCUT2D eigenvalue weighted by Gasteiger charge is 2.38. The molecule has 3 rings (SSSR count). The molecular formula is C16H16N2O5S. The second kappa shape index (κ2) is 6.31. The molecule has 0 bridgehead atoms. The first-order valence-electron chi connectivity index (χ1n) is 7.40. The largest absolute Gasteiger partial charge is 0.394 e. The number of para-hydroxylation sites is 1. The van der Waals surface area contributed by atoms with E-state index in [4.69, 9.17) is 0 Å². The smallest absolute Gasteiger partial charge is 0.289 e. The van der Waals surface area contributed by atoms with Crippen molar-refractivity contribution in [3.05, 3.63) is 69.8 Å². The van der Waals surface area contributed by atoms with Gasteiger partial charge in [-0.1, -0.05) is 36.4 Å². The summed E-state index contributed by atoms with van der Waals surface area (Å²) in [5, 5.41) is 20.9. The van der Waals surface area contributed by atoms with E-state index in [9.17, 15) is 23.6 Å². The van der Waals surface area contributed by atoms with Gasteiger partial charge in [0.15, 0.2) is 4.90 Å². The van der Waals surface area contributed by atoms with Crippen molar-refractivity contribution >= 4 is 15.7 Å². The zero-order valence-electron chi connectivity index (χ0n) is 12.7. The van der Waals surface area contributed by atoms with E-state index in [0.29, 0.717) is 6.42 Å². The molecule has 2 aromatic rings. The summed E-state index contributed by atoms with van der Waals surface area (Å²) in [7, 11) is -4.11. The maximum Gasteiger partial charge on any atom is 0.289 e. The van der Waals surface area contributed by atoms with Crippen LogP contribution in [0.15, 0.2) is 53.4 Å². The molecule has 24 heavy (non-hydrogen) atoms. The maximum atomic E-state index is 13.0. The lowest BCUT2D eigenvalue weighted by molar-refractivity contribution is -0.387. The van der Waals surface area contributed by atoms with Gasteiger partial charge in [-0.05, 0) is 23.6 Å². The van der Waals surface area contributed by atoms with E-state index in [-0.39, 0.29) is 11.4 Å². The number of hydrogen-bond acceptors (Lipinski definition) is 5. The van der Waals surface area contributed by atoms with Crippen LogP contribution in [0.3, 0.4) is 0 Å². The Hall–Kier alpha value is -2.29. The molecule has 8 heteroatoms. The first kappa shape index (κ1) is 16.6. The Morgan fingerprint density at radius 1 is 1.17 bits per heavy atom. The van der Waals surface area contributed by atoms with Gasteiger partial charge in [0.25, 0.3) is 15.7 Å². The van der Waals surface area contributed by atoms with Gasteiger partial charge >= 0.3 is 0 Å². The Morgan fingerprint density at radius 2 is 1.83 bits per heavy atom. The highest BCUT2D eigenvalue weighted by atomic mass is 32.2. The van der Waals surface area contributed by atoms with Gasteiger partial charge in [-0.3, -0.25) is 10.1 Å². The Morgan fingerprint density at radius 3 is 2.54 bits per heavy atom. The number of benzene rings is 2. The summed E-state index contributed by atoms with van der Waals surface area (Å²) in [5.41, 5.74) is 1.24. The average molecular weight is 348 g/mol. The summed E-state index contributed by atoms with van der Waals surface area (Å²) in [6, 6.07) is 11.8. The molecule has 1 atom stereocenters. The fourth-order valence-electron chi connectivity index (χ4n) is 3.06. The molecule has 0 aromatic heterocycles. The fourth-order valence-corrected chi connectivity index (χ4v) is 4.82. The lowest BCUT2D eigenvalue weighted by Crippen LogP contribution is -2.41. The Labute approximate surface area is 139 Å². The van der Waals surface area contributed by atoms with E-state index in [1.165, 1.54) is 24.3 Å². The van der Waals surface area contributed by atoms with Crippen molar-refractivity contribution < 1.29 is 18.4 Å². The molecule has 0 saturated carbocycles. The Balaban J connectivity index is 2.10. The summed E-state index contributed by atoms with van der Waals surface area (Å²) in [5.74, 6) is 0. The minimum Gasteiger partial charge on any atom is -0.394 e. The van der Waals surface area contributed by atoms with E-state index in [1.54, 1.807) is 12.1 Å². The van der Waals surface area contributed by atoms with Crippen LogP contribution in [-0.2, 0) is 16.4 Å². The van der Waals surface area contributed by atoms with Gasteiger partial charge in [-0.15, -0.1) is 0 Å². The number of nitro benzene ring substituents is 1. The first-order valence-corrected chi connectivity index (χ1v) is 8.84. The molecule has 0 fully saturated rings. The number of hydrogen-bond donors (Lipinski definition) is 1. The zero-order chi connectivity index (χ0) is 17.3. The molecule has 1 N–H and O–H groups in total. The highest BCUT2D eigenvalue weighted by Crippen LogP contribution is 2.36. The van der Waals surface area contributed by atoms with E-state index >= 15 is 0 Å². The molecule has 0 amide bonds. The van der Waals surface area contributed by atoms with E-state index < -0.39 is 33.3 Å². The average Bonchev–Trinajstić information content (AvgIpc) is 2.60. The second-order valence-electron chi connectivity index (χ2n) is 5.49. The van der Waals surface area contributed by atoms with Crippen LogP contribution >= 0.6 is 0 Å². The number of sulfonamides is 1. The molecule has 0 spiro atoms. The SMILES string of the molecule is O=[N+]([O-])c1ccccc1S(=O)(=O)N1CCc2ccccc2C1CO. The first-order chi connectivity index (χ1) is 11.5. The molecule has 1 aliphatic heterocycles. The number of fused-ring (bicyclic) bond motifs is 1. The van der Waals surface area contributed by atoms with Crippen molar-refractivity contribution in [3.63, 3.8) is 0 Å². The fraction of sp³-hybridized carbons (Fsp3) is 0.250. The van der Waals surface area contributed by atoms with Gasteiger partial charge in [0, 0.05) is 12.6 Å². The predicted molar refractivity (Wildman–Crippen MR) is 87.0 cm³/mol. The van der Waals surface area contributed by atoms with Crippen LogP contribution in [0.2, 0.25) is 0 Å². The van der Waals surface area contributed by atoms with Crippen LogP contribution in [0.1, 0.15) is 17.2 Å². The summed E-state index contributed by atoms with van der Waals surface area (Å²) in [6.07, 6.45) is 0.493. The van der Waals surface area contributed by atoms with E-state index in [1.807, 2.05) is 12.1 Å². The summed E-state index contributed by atoms with van der Waals surface area (Å²) in [6.45, 7) is -0.229. The molecule has 1 unspecified atom stereocenters. The molecule has 0 radical (unpaired) electrons. The molecule has 126 valence electrons. The van der Waals surface area contributed by atoms with Gasteiger partial charge in [-0.25, -0.2) is 8.42 Å². The monoisotopic (exact) mass is 348 g/mol. The third kappa shape index (κ3) is 2.68. The minimum atomic E-state index is -4.11. The lowest BCUT2D eigenvalue weighted by Gasteiger charge is -2.35. The predicted octanol–water partition coefficient (Wildman–Crippen LogP) is 1.88. The van der Waals surface area contributed by atoms with Gasteiger partial charge in [-0.2, -0.15) is 4.31 Å². The molecular weight excluding hydrogens is 332 g/mol. The number of nitrogens with zero attached hydrogens (tertiary/aromatic N) is 2. The van der Waals surface area contributed by atoms with Gasteiger partial charge < -0.3 is 5.11 Å². The van der Waals surface area contributed by atoms with Crippen molar-refractivity contribution in [2.75, 3.05) is 13.2 Å². The normalized spacial score (nSPS) is 18.1. The quantitative estimate of drug-likeness (QED) is 0.671. The molecule has 7 nitrogen and oxygen atoms in total. The van der Waals surface area contributed by atoms with Gasteiger partial charge in [0.1, 0.15) is 0 Å². The van der Waals surface area contributed by atoms with Crippen LogP contribution in [0.4, 0.5) is 5.69 Å². The van der Waals surface area contributed by atoms with Gasteiger partial charge in [0.05, 0.1) is 17.6 Å². The number of rotatable bonds is 4. The van der Waals surface area contributed by atoms with Crippen LogP contribution in [0, 0.1) is 10.1 Å². The zero-order valence-corrected chi connectivity index (χ0v) is 13.5. The molecule has 2 aromatic carbocycles. The molecule has 1 heterocycles. The van der Waals surface area contributed by atoms with Crippen LogP contribution in [0.5, 0.6) is 0 Å². The van der Waals surface area contributed by atoms with Gasteiger partial charge in [0.2, 0.25) is 0 Å².